The molecule has 0 aliphatic rings. The van der Waals surface area contributed by atoms with Gasteiger partial charge in [0.2, 0.25) is 0 Å². The van der Waals surface area contributed by atoms with Crippen LogP contribution in [0.15, 0.2) is 54.6 Å². The number of halogens is 1. The molecule has 0 aromatic heterocycles. The summed E-state index contributed by atoms with van der Waals surface area (Å²) in [6, 6.07) is 20.1. The van der Waals surface area contributed by atoms with E-state index in [1.54, 1.807) is 19.2 Å². The first-order valence-corrected chi connectivity index (χ1v) is 8.34. The van der Waals surface area contributed by atoms with Gasteiger partial charge < -0.3 is 5.32 Å². The van der Waals surface area contributed by atoms with E-state index in [2.05, 4.69) is 23.5 Å². The summed E-state index contributed by atoms with van der Waals surface area (Å²) in [5.74, 6) is 0. The summed E-state index contributed by atoms with van der Waals surface area (Å²) in [5.41, 5.74) is 1.34. The quantitative estimate of drug-likeness (QED) is 0.775. The third-order valence-electron chi connectivity index (χ3n) is 4.00. The molecule has 0 fully saturated rings. The molecule has 0 radical (unpaired) electrons. The predicted molar refractivity (Wildman–Crippen MR) is 99.8 cm³/mol. The van der Waals surface area contributed by atoms with E-state index in [4.69, 9.17) is 23.8 Å². The van der Waals surface area contributed by atoms with Gasteiger partial charge in [0.1, 0.15) is 10.4 Å². The van der Waals surface area contributed by atoms with E-state index in [0.717, 1.165) is 18.4 Å². The molecule has 2 nitrogen and oxygen atoms in total. The molecule has 0 amide bonds. The van der Waals surface area contributed by atoms with E-state index < -0.39 is 5.41 Å². The van der Waals surface area contributed by atoms with Crippen molar-refractivity contribution in [2.45, 2.75) is 24.7 Å². The zero-order valence-corrected chi connectivity index (χ0v) is 14.6. The van der Waals surface area contributed by atoms with Crippen LogP contribution in [0.3, 0.4) is 0 Å². The first kappa shape index (κ1) is 17.5. The molecule has 0 bridgehead atoms. The number of likely N-dealkylation sites (N-methyl/N-ethyl adjacent to an activating group) is 1. The molecule has 0 spiro atoms. The van der Waals surface area contributed by atoms with Crippen LogP contribution in [0.5, 0.6) is 0 Å². The summed E-state index contributed by atoms with van der Waals surface area (Å²) in [4.78, 5) is 0.551. The van der Waals surface area contributed by atoms with E-state index in [1.165, 1.54) is 5.56 Å². The number of rotatable bonds is 6. The average molecular weight is 343 g/mol. The number of benzene rings is 2. The van der Waals surface area contributed by atoms with Crippen molar-refractivity contribution < 1.29 is 0 Å². The molecule has 2 aromatic carbocycles. The van der Waals surface area contributed by atoms with Gasteiger partial charge in [-0.05, 0) is 42.5 Å². The molecule has 4 heteroatoms. The molecule has 1 atom stereocenters. The van der Waals surface area contributed by atoms with Crippen molar-refractivity contribution >= 4 is 28.8 Å². The molecule has 0 saturated carbocycles. The molecule has 1 N–H and O–H groups in total. The molecule has 0 saturated heterocycles. The molecule has 1 unspecified atom stereocenters. The lowest BCUT2D eigenvalue weighted by molar-refractivity contribution is 0.603. The second-order valence-corrected chi connectivity index (χ2v) is 6.29. The van der Waals surface area contributed by atoms with Crippen molar-refractivity contribution in [3.8, 4) is 6.07 Å². The first-order valence-electron chi connectivity index (χ1n) is 7.56. The fourth-order valence-corrected chi connectivity index (χ4v) is 3.10. The number of nitriles is 1. The summed E-state index contributed by atoms with van der Waals surface area (Å²) in [7, 11) is 1.77. The highest BCUT2D eigenvalue weighted by Crippen LogP contribution is 2.31. The molecule has 0 aliphatic heterocycles. The van der Waals surface area contributed by atoms with Gasteiger partial charge >= 0.3 is 0 Å². The highest BCUT2D eigenvalue weighted by molar-refractivity contribution is 7.80. The molecular weight excluding hydrogens is 324 g/mol. The topological polar surface area (TPSA) is 35.8 Å². The van der Waals surface area contributed by atoms with Crippen LogP contribution in [0, 0.1) is 11.3 Å². The fourth-order valence-electron chi connectivity index (χ4n) is 2.71. The number of nitrogens with zero attached hydrogens (tertiary/aromatic N) is 1. The predicted octanol–water partition coefficient (Wildman–Crippen LogP) is 4.67. The minimum Gasteiger partial charge on any atom is -0.381 e. The Bertz CT molecular complexity index is 692. The monoisotopic (exact) mass is 342 g/mol. The van der Waals surface area contributed by atoms with E-state index in [1.807, 2.05) is 30.3 Å². The third-order valence-corrected chi connectivity index (χ3v) is 4.81. The highest BCUT2D eigenvalue weighted by Gasteiger charge is 2.36. The smallest absolute Gasteiger partial charge is 0.132 e. The van der Waals surface area contributed by atoms with Crippen LogP contribution in [-0.2, 0) is 11.8 Å². The highest BCUT2D eigenvalue weighted by atomic mass is 35.5. The van der Waals surface area contributed by atoms with Crippen molar-refractivity contribution in [3.63, 3.8) is 0 Å². The van der Waals surface area contributed by atoms with Crippen molar-refractivity contribution in [3.05, 3.63) is 70.7 Å². The molecule has 0 heterocycles. The Kier molecular flexibility index (Phi) is 6.15. The largest absolute Gasteiger partial charge is 0.381 e. The molecule has 2 rings (SSSR count). The fraction of sp³-hybridized carbons (Fsp3) is 0.263. The van der Waals surface area contributed by atoms with Gasteiger partial charge in [-0.1, -0.05) is 66.3 Å². The standard InChI is InChI=1S/C19H19ClN2S/c1-22-18(23)19(14-21,16-9-11-17(20)12-10-16)13-5-8-15-6-3-2-4-7-15/h2-4,6-7,9-12H,5,8,13H2,1H3,(H,22,23). The lowest BCUT2D eigenvalue weighted by atomic mass is 9.77. The Morgan fingerprint density at radius 3 is 2.39 bits per heavy atom. The lowest BCUT2D eigenvalue weighted by Gasteiger charge is -2.28. The number of hydrogen-bond donors (Lipinski definition) is 1. The Morgan fingerprint density at radius 2 is 1.83 bits per heavy atom. The van der Waals surface area contributed by atoms with Gasteiger partial charge in [-0.15, -0.1) is 0 Å². The van der Waals surface area contributed by atoms with Gasteiger partial charge in [0.25, 0.3) is 0 Å². The maximum atomic E-state index is 9.89. The second kappa shape index (κ2) is 8.10. The van der Waals surface area contributed by atoms with E-state index in [9.17, 15) is 5.26 Å². The Hall–Kier alpha value is -1.89. The molecular formula is C19H19ClN2S. The first-order chi connectivity index (χ1) is 11.1. The van der Waals surface area contributed by atoms with Crippen molar-refractivity contribution in [1.82, 2.24) is 5.32 Å². The maximum absolute atomic E-state index is 9.89. The van der Waals surface area contributed by atoms with Crippen LogP contribution >= 0.6 is 23.8 Å². The molecule has 0 aliphatic carbocycles. The minimum absolute atomic E-state index is 0.551. The van der Waals surface area contributed by atoms with Crippen molar-refractivity contribution in [1.29, 1.82) is 5.26 Å². The van der Waals surface area contributed by atoms with E-state index in [-0.39, 0.29) is 0 Å². The van der Waals surface area contributed by atoms with Crippen molar-refractivity contribution in [2.24, 2.45) is 0 Å². The van der Waals surface area contributed by atoms with Gasteiger partial charge in [-0.25, -0.2) is 0 Å². The van der Waals surface area contributed by atoms with Crippen LogP contribution in [0.25, 0.3) is 0 Å². The Labute approximate surface area is 148 Å². The molecule has 2 aromatic rings. The van der Waals surface area contributed by atoms with Crippen LogP contribution in [0.2, 0.25) is 5.02 Å². The minimum atomic E-state index is -0.816. The van der Waals surface area contributed by atoms with Gasteiger partial charge in [-0.3, -0.25) is 0 Å². The number of aryl methyl sites for hydroxylation is 1. The van der Waals surface area contributed by atoms with E-state index in [0.29, 0.717) is 16.4 Å². The van der Waals surface area contributed by atoms with Gasteiger partial charge in [0.05, 0.1) is 6.07 Å². The van der Waals surface area contributed by atoms with E-state index >= 15 is 0 Å². The average Bonchev–Trinajstić information content (AvgIpc) is 2.60. The van der Waals surface area contributed by atoms with Crippen LogP contribution < -0.4 is 5.32 Å². The zero-order chi connectivity index (χ0) is 16.7. The zero-order valence-electron chi connectivity index (χ0n) is 13.1. The summed E-state index contributed by atoms with van der Waals surface area (Å²) in [6.45, 7) is 0. The van der Waals surface area contributed by atoms with Crippen LogP contribution in [-0.4, -0.2) is 12.0 Å². The SMILES string of the molecule is CNC(=S)C(C#N)(CCCc1ccccc1)c1ccc(Cl)cc1. The van der Waals surface area contributed by atoms with Gasteiger partial charge in [-0.2, -0.15) is 5.26 Å². The Morgan fingerprint density at radius 1 is 1.17 bits per heavy atom. The summed E-state index contributed by atoms with van der Waals surface area (Å²) in [5, 5.41) is 13.5. The van der Waals surface area contributed by atoms with Crippen LogP contribution in [0.1, 0.15) is 24.0 Å². The van der Waals surface area contributed by atoms with Crippen molar-refractivity contribution in [2.75, 3.05) is 7.05 Å². The molecule has 118 valence electrons. The number of nitrogens with one attached hydrogen (secondary N) is 1. The summed E-state index contributed by atoms with van der Waals surface area (Å²) in [6.07, 6.45) is 2.46. The lowest BCUT2D eigenvalue weighted by Crippen LogP contribution is -2.40. The summed E-state index contributed by atoms with van der Waals surface area (Å²) < 4.78 is 0. The maximum Gasteiger partial charge on any atom is 0.132 e. The normalized spacial score (nSPS) is 12.9. The number of hydrogen-bond acceptors (Lipinski definition) is 2. The number of thiocarbonyl (C=S) groups is 1. The second-order valence-electron chi connectivity index (χ2n) is 5.44. The summed E-state index contributed by atoms with van der Waals surface area (Å²) >= 11 is 11.4. The third kappa shape index (κ3) is 4.10. The van der Waals surface area contributed by atoms with Crippen LogP contribution in [0.4, 0.5) is 0 Å². The van der Waals surface area contributed by atoms with Gasteiger partial charge in [0, 0.05) is 12.1 Å². The Balaban J connectivity index is 2.22. The van der Waals surface area contributed by atoms with Gasteiger partial charge in [0.15, 0.2) is 0 Å². The molecule has 23 heavy (non-hydrogen) atoms.